The maximum Gasteiger partial charge on any atom is 0.0513 e. The van der Waals surface area contributed by atoms with Crippen LogP contribution < -0.4 is 5.32 Å². The van der Waals surface area contributed by atoms with Gasteiger partial charge in [-0.05, 0) is 49.6 Å². The maximum absolute atomic E-state index is 5.56. The van der Waals surface area contributed by atoms with Gasteiger partial charge in [-0.1, -0.05) is 28.9 Å². The first-order valence-corrected chi connectivity index (χ1v) is 7.59. The van der Waals surface area contributed by atoms with Crippen molar-refractivity contribution in [1.29, 1.82) is 0 Å². The van der Waals surface area contributed by atoms with Gasteiger partial charge in [0.25, 0.3) is 0 Å². The highest BCUT2D eigenvalue weighted by molar-refractivity contribution is 9.10. The Hall–Kier alpha value is -0.380. The lowest BCUT2D eigenvalue weighted by molar-refractivity contribution is 0.176. The van der Waals surface area contributed by atoms with Gasteiger partial charge in [-0.25, -0.2) is 0 Å². The summed E-state index contributed by atoms with van der Waals surface area (Å²) in [6.45, 7) is 7.25. The Labute approximate surface area is 118 Å². The lowest BCUT2D eigenvalue weighted by Gasteiger charge is -2.26. The normalized spacial score (nSPS) is 21.2. The molecule has 100 valence electrons. The van der Waals surface area contributed by atoms with Crippen LogP contribution >= 0.6 is 15.9 Å². The van der Waals surface area contributed by atoms with Crippen molar-refractivity contribution in [2.24, 2.45) is 5.92 Å². The fraction of sp³-hybridized carbons (Fsp3) is 0.600. The molecule has 1 saturated heterocycles. The molecule has 3 heteroatoms. The summed E-state index contributed by atoms with van der Waals surface area (Å²) >= 11 is 3.58. The van der Waals surface area contributed by atoms with Crippen LogP contribution in [0.3, 0.4) is 0 Å². The van der Waals surface area contributed by atoms with Gasteiger partial charge in [-0.3, -0.25) is 0 Å². The highest BCUT2D eigenvalue weighted by Crippen LogP contribution is 2.32. The number of ether oxygens (including phenoxy) is 1. The van der Waals surface area contributed by atoms with E-state index in [9.17, 15) is 0 Å². The van der Waals surface area contributed by atoms with Gasteiger partial charge in [0.2, 0.25) is 0 Å². The van der Waals surface area contributed by atoms with Crippen molar-refractivity contribution < 1.29 is 4.74 Å². The molecule has 0 spiro atoms. The Morgan fingerprint density at radius 1 is 1.50 bits per heavy atom. The minimum absolute atomic E-state index is 0.421. The van der Waals surface area contributed by atoms with E-state index in [1.54, 1.807) is 0 Å². The van der Waals surface area contributed by atoms with E-state index in [0.717, 1.165) is 37.1 Å². The van der Waals surface area contributed by atoms with Gasteiger partial charge in [-0.2, -0.15) is 0 Å². The molecule has 2 rings (SSSR count). The van der Waals surface area contributed by atoms with Gasteiger partial charge >= 0.3 is 0 Å². The zero-order chi connectivity index (χ0) is 13.0. The number of nitrogens with one attached hydrogen (secondary N) is 1. The molecule has 1 aliphatic heterocycles. The smallest absolute Gasteiger partial charge is 0.0513 e. The minimum atomic E-state index is 0.421. The minimum Gasteiger partial charge on any atom is -0.381 e. The molecule has 1 N–H and O–H groups in total. The van der Waals surface area contributed by atoms with Crippen LogP contribution in [0.2, 0.25) is 0 Å². The molecule has 0 aromatic heterocycles. The third-order valence-electron chi connectivity index (χ3n) is 3.63. The van der Waals surface area contributed by atoms with E-state index in [-0.39, 0.29) is 0 Å². The quantitative estimate of drug-likeness (QED) is 0.892. The van der Waals surface area contributed by atoms with Crippen molar-refractivity contribution in [3.8, 4) is 0 Å². The van der Waals surface area contributed by atoms with Crippen molar-refractivity contribution in [2.75, 3.05) is 19.8 Å². The molecule has 0 amide bonds. The topological polar surface area (TPSA) is 21.3 Å². The molecular formula is C15H22BrNO. The average Bonchev–Trinajstić information content (AvgIpc) is 2.88. The van der Waals surface area contributed by atoms with Crippen LogP contribution in [0.5, 0.6) is 0 Å². The molecule has 0 saturated carbocycles. The van der Waals surface area contributed by atoms with Crippen LogP contribution in [0.15, 0.2) is 22.7 Å². The molecule has 1 aromatic rings. The summed E-state index contributed by atoms with van der Waals surface area (Å²) in [6, 6.07) is 6.97. The molecule has 2 atom stereocenters. The molecule has 18 heavy (non-hydrogen) atoms. The van der Waals surface area contributed by atoms with E-state index < -0.39 is 0 Å². The summed E-state index contributed by atoms with van der Waals surface area (Å²) in [5, 5.41) is 3.69. The molecule has 2 unspecified atom stereocenters. The molecule has 1 fully saturated rings. The Morgan fingerprint density at radius 3 is 3.00 bits per heavy atom. The number of rotatable bonds is 5. The molecule has 1 aromatic carbocycles. The number of halogens is 1. The third kappa shape index (κ3) is 3.34. The number of hydrogen-bond acceptors (Lipinski definition) is 2. The highest BCUT2D eigenvalue weighted by atomic mass is 79.9. The Balaban J connectivity index is 2.23. The third-order valence-corrected chi connectivity index (χ3v) is 4.12. The van der Waals surface area contributed by atoms with Crippen molar-refractivity contribution in [3.05, 3.63) is 33.8 Å². The first-order chi connectivity index (χ1) is 8.72. The van der Waals surface area contributed by atoms with Gasteiger partial charge in [-0.15, -0.1) is 0 Å². The summed E-state index contributed by atoms with van der Waals surface area (Å²) in [5.41, 5.74) is 2.77. The van der Waals surface area contributed by atoms with Gasteiger partial charge in [0.1, 0.15) is 0 Å². The molecule has 1 aliphatic rings. The van der Waals surface area contributed by atoms with Crippen molar-refractivity contribution in [1.82, 2.24) is 5.32 Å². The molecular weight excluding hydrogens is 290 g/mol. The number of benzene rings is 1. The monoisotopic (exact) mass is 311 g/mol. The Morgan fingerprint density at radius 2 is 2.33 bits per heavy atom. The SMILES string of the molecule is CCCNC(c1cc(Br)ccc1C)C1CCOC1. The predicted octanol–water partition coefficient (Wildman–Crippen LogP) is 3.83. The van der Waals surface area contributed by atoms with Gasteiger partial charge in [0.05, 0.1) is 6.61 Å². The van der Waals surface area contributed by atoms with E-state index in [1.165, 1.54) is 11.1 Å². The summed E-state index contributed by atoms with van der Waals surface area (Å²) in [7, 11) is 0. The Bertz CT molecular complexity index is 388. The van der Waals surface area contributed by atoms with Crippen LogP contribution in [0.25, 0.3) is 0 Å². The van der Waals surface area contributed by atoms with Crippen molar-refractivity contribution >= 4 is 15.9 Å². The summed E-state index contributed by atoms with van der Waals surface area (Å²) < 4.78 is 6.72. The molecule has 1 heterocycles. The van der Waals surface area contributed by atoms with Crippen molar-refractivity contribution in [2.45, 2.75) is 32.7 Å². The van der Waals surface area contributed by atoms with E-state index in [0.29, 0.717) is 12.0 Å². The second-order valence-electron chi connectivity index (χ2n) is 5.06. The van der Waals surface area contributed by atoms with Gasteiger partial charge < -0.3 is 10.1 Å². The van der Waals surface area contributed by atoms with E-state index in [2.05, 4.69) is 53.3 Å². The van der Waals surface area contributed by atoms with Crippen LogP contribution in [0.4, 0.5) is 0 Å². The molecule has 2 nitrogen and oxygen atoms in total. The number of hydrogen-bond donors (Lipinski definition) is 1. The molecule has 0 bridgehead atoms. The fourth-order valence-corrected chi connectivity index (χ4v) is 2.97. The summed E-state index contributed by atoms with van der Waals surface area (Å²) in [5.74, 6) is 0.601. The van der Waals surface area contributed by atoms with Crippen LogP contribution in [-0.2, 0) is 4.74 Å². The van der Waals surface area contributed by atoms with E-state index in [1.807, 2.05) is 0 Å². The van der Waals surface area contributed by atoms with Crippen LogP contribution in [0, 0.1) is 12.8 Å². The van der Waals surface area contributed by atoms with E-state index >= 15 is 0 Å². The Kier molecular flexibility index (Phi) is 5.22. The summed E-state index contributed by atoms with van der Waals surface area (Å²) in [6.07, 6.45) is 2.32. The summed E-state index contributed by atoms with van der Waals surface area (Å²) in [4.78, 5) is 0. The first kappa shape index (κ1) is 14.0. The highest BCUT2D eigenvalue weighted by Gasteiger charge is 2.27. The maximum atomic E-state index is 5.56. The molecule has 0 radical (unpaired) electrons. The van der Waals surface area contributed by atoms with Crippen LogP contribution in [0.1, 0.15) is 36.9 Å². The lowest BCUT2D eigenvalue weighted by atomic mass is 9.89. The predicted molar refractivity (Wildman–Crippen MR) is 78.8 cm³/mol. The number of aryl methyl sites for hydroxylation is 1. The van der Waals surface area contributed by atoms with Crippen molar-refractivity contribution in [3.63, 3.8) is 0 Å². The second-order valence-corrected chi connectivity index (χ2v) is 5.97. The lowest BCUT2D eigenvalue weighted by Crippen LogP contribution is -2.30. The van der Waals surface area contributed by atoms with Crippen LogP contribution in [-0.4, -0.2) is 19.8 Å². The van der Waals surface area contributed by atoms with Gasteiger partial charge in [0.15, 0.2) is 0 Å². The second kappa shape index (κ2) is 6.69. The zero-order valence-electron chi connectivity index (χ0n) is 11.2. The molecule has 0 aliphatic carbocycles. The first-order valence-electron chi connectivity index (χ1n) is 6.79. The van der Waals surface area contributed by atoms with Gasteiger partial charge in [0, 0.05) is 23.0 Å². The fourth-order valence-electron chi connectivity index (χ4n) is 2.59. The largest absolute Gasteiger partial charge is 0.381 e. The van der Waals surface area contributed by atoms with E-state index in [4.69, 9.17) is 4.74 Å². The average molecular weight is 312 g/mol. The standard InChI is InChI=1S/C15H22BrNO/c1-3-7-17-15(12-6-8-18-10-12)14-9-13(16)5-4-11(14)2/h4-5,9,12,15,17H,3,6-8,10H2,1-2H3. The zero-order valence-corrected chi connectivity index (χ0v) is 12.8.